The van der Waals surface area contributed by atoms with E-state index in [0.29, 0.717) is 0 Å². The quantitative estimate of drug-likeness (QED) is 0.520. The zero-order valence-corrected chi connectivity index (χ0v) is 12.7. The zero-order chi connectivity index (χ0) is 16.9. The van der Waals surface area contributed by atoms with Crippen LogP contribution in [0.25, 0.3) is 0 Å². The SMILES string of the molecule is COC1OC(CF)[C@H](OC(C)=O)[C@@H](OC(C)=O)[C@@H]1OC(C)=O. The maximum atomic E-state index is 13.2. The number of alkyl halides is 1. The Morgan fingerprint density at radius 2 is 1.36 bits per heavy atom. The lowest BCUT2D eigenvalue weighted by Crippen LogP contribution is -2.62. The molecule has 0 aromatic rings. The summed E-state index contributed by atoms with van der Waals surface area (Å²) in [6.45, 7) is 2.36. The molecule has 2 unspecified atom stereocenters. The van der Waals surface area contributed by atoms with Crippen molar-refractivity contribution >= 4 is 17.9 Å². The van der Waals surface area contributed by atoms with Gasteiger partial charge < -0.3 is 23.7 Å². The summed E-state index contributed by atoms with van der Waals surface area (Å²) >= 11 is 0. The Morgan fingerprint density at radius 1 is 0.909 bits per heavy atom. The molecule has 9 heteroatoms. The van der Waals surface area contributed by atoms with E-state index >= 15 is 0 Å². The van der Waals surface area contributed by atoms with Gasteiger partial charge in [0.05, 0.1) is 0 Å². The van der Waals surface area contributed by atoms with Crippen LogP contribution in [-0.2, 0) is 38.1 Å². The van der Waals surface area contributed by atoms with Crippen LogP contribution >= 0.6 is 0 Å². The van der Waals surface area contributed by atoms with E-state index in [2.05, 4.69) is 0 Å². The van der Waals surface area contributed by atoms with Gasteiger partial charge in [-0.05, 0) is 0 Å². The number of hydrogen-bond donors (Lipinski definition) is 0. The van der Waals surface area contributed by atoms with Crippen LogP contribution in [0.2, 0.25) is 0 Å². The van der Waals surface area contributed by atoms with Crippen molar-refractivity contribution in [3.8, 4) is 0 Å². The van der Waals surface area contributed by atoms with Crippen molar-refractivity contribution < 1.29 is 42.5 Å². The number of carbonyl (C=O) groups is 3. The average molecular weight is 322 g/mol. The first-order valence-electron chi connectivity index (χ1n) is 6.56. The standard InChI is InChI=1S/C13H19FO8/c1-6(15)19-10-9(5-14)22-13(18-4)12(21-8(3)17)11(10)20-7(2)16/h9-13H,5H2,1-4H3/t9?,10-,11+,12-,13?/m0/s1. The van der Waals surface area contributed by atoms with Crippen LogP contribution in [0, 0.1) is 0 Å². The van der Waals surface area contributed by atoms with Crippen molar-refractivity contribution in [3.05, 3.63) is 0 Å². The largest absolute Gasteiger partial charge is 0.456 e. The van der Waals surface area contributed by atoms with Crippen molar-refractivity contribution in [1.82, 2.24) is 0 Å². The first kappa shape index (κ1) is 18.3. The van der Waals surface area contributed by atoms with Crippen LogP contribution in [0.15, 0.2) is 0 Å². The Bertz CT molecular complexity index is 396. The highest BCUT2D eigenvalue weighted by molar-refractivity contribution is 5.68. The fraction of sp³-hybridized carbons (Fsp3) is 0.769. The van der Waals surface area contributed by atoms with Crippen LogP contribution < -0.4 is 0 Å². The molecule has 0 aromatic heterocycles. The van der Waals surface area contributed by atoms with Gasteiger partial charge in [-0.3, -0.25) is 14.4 Å². The molecule has 0 radical (unpaired) electrons. The first-order valence-corrected chi connectivity index (χ1v) is 6.56. The lowest BCUT2D eigenvalue weighted by Gasteiger charge is -2.43. The molecular weight excluding hydrogens is 303 g/mol. The van der Waals surface area contributed by atoms with Gasteiger partial charge in [-0.25, -0.2) is 4.39 Å². The molecule has 1 aliphatic rings. The number of ether oxygens (including phenoxy) is 5. The number of rotatable bonds is 5. The molecule has 0 bridgehead atoms. The normalized spacial score (nSPS) is 31.2. The molecule has 0 aliphatic carbocycles. The molecule has 1 saturated heterocycles. The molecule has 126 valence electrons. The second kappa shape index (κ2) is 8.04. The van der Waals surface area contributed by atoms with Gasteiger partial charge >= 0.3 is 17.9 Å². The van der Waals surface area contributed by atoms with Crippen molar-refractivity contribution in [1.29, 1.82) is 0 Å². The second-order valence-corrected chi connectivity index (χ2v) is 4.66. The molecular formula is C13H19FO8. The van der Waals surface area contributed by atoms with Gasteiger partial charge in [-0.1, -0.05) is 0 Å². The van der Waals surface area contributed by atoms with Crippen LogP contribution in [0.1, 0.15) is 20.8 Å². The van der Waals surface area contributed by atoms with Gasteiger partial charge in [0, 0.05) is 27.9 Å². The maximum Gasteiger partial charge on any atom is 0.303 e. The van der Waals surface area contributed by atoms with Gasteiger partial charge in [0.1, 0.15) is 12.8 Å². The Labute approximate surface area is 126 Å². The monoisotopic (exact) mass is 322 g/mol. The number of hydrogen-bond acceptors (Lipinski definition) is 8. The molecule has 1 aliphatic heterocycles. The number of carbonyl (C=O) groups excluding carboxylic acids is 3. The number of halogens is 1. The predicted molar refractivity (Wildman–Crippen MR) is 68.3 cm³/mol. The van der Waals surface area contributed by atoms with E-state index in [0.717, 1.165) is 20.8 Å². The highest BCUT2D eigenvalue weighted by atomic mass is 19.1. The van der Waals surface area contributed by atoms with E-state index in [9.17, 15) is 18.8 Å². The summed E-state index contributed by atoms with van der Waals surface area (Å²) in [5.41, 5.74) is 0. The molecule has 0 saturated carbocycles. The highest BCUT2D eigenvalue weighted by Gasteiger charge is 2.52. The summed E-state index contributed by atoms with van der Waals surface area (Å²) in [7, 11) is 1.26. The van der Waals surface area contributed by atoms with Crippen molar-refractivity contribution in [3.63, 3.8) is 0 Å². The second-order valence-electron chi connectivity index (χ2n) is 4.66. The first-order chi connectivity index (χ1) is 10.3. The third-order valence-electron chi connectivity index (χ3n) is 2.88. The number of esters is 3. The molecule has 0 amide bonds. The van der Waals surface area contributed by atoms with Crippen LogP contribution in [0.3, 0.4) is 0 Å². The van der Waals surface area contributed by atoms with Gasteiger partial charge in [0.2, 0.25) is 0 Å². The Hall–Kier alpha value is -1.74. The van der Waals surface area contributed by atoms with E-state index in [1.807, 2.05) is 0 Å². The van der Waals surface area contributed by atoms with Crippen LogP contribution in [0.4, 0.5) is 4.39 Å². The number of methoxy groups -OCH3 is 1. The van der Waals surface area contributed by atoms with E-state index < -0.39 is 55.3 Å². The van der Waals surface area contributed by atoms with Gasteiger partial charge in [-0.2, -0.15) is 0 Å². The predicted octanol–water partition coefficient (Wildman–Crippen LogP) is 0.122. The third-order valence-corrected chi connectivity index (χ3v) is 2.88. The average Bonchev–Trinajstić information content (AvgIpc) is 2.41. The van der Waals surface area contributed by atoms with Crippen molar-refractivity contribution in [2.75, 3.05) is 13.8 Å². The van der Waals surface area contributed by atoms with Crippen LogP contribution in [0.5, 0.6) is 0 Å². The minimum Gasteiger partial charge on any atom is -0.456 e. The summed E-state index contributed by atoms with van der Waals surface area (Å²) in [6, 6.07) is 0. The van der Waals surface area contributed by atoms with E-state index in [1.165, 1.54) is 7.11 Å². The minimum atomic E-state index is -1.26. The summed E-state index contributed by atoms with van der Waals surface area (Å²) in [5.74, 6) is -2.12. The van der Waals surface area contributed by atoms with E-state index in [-0.39, 0.29) is 0 Å². The van der Waals surface area contributed by atoms with Gasteiger partial charge in [0.15, 0.2) is 24.6 Å². The Kier molecular flexibility index (Phi) is 6.69. The zero-order valence-electron chi connectivity index (χ0n) is 12.7. The smallest absolute Gasteiger partial charge is 0.303 e. The molecule has 1 fully saturated rings. The Morgan fingerprint density at radius 3 is 1.77 bits per heavy atom. The maximum absolute atomic E-state index is 13.2. The lowest BCUT2D eigenvalue weighted by atomic mass is 9.98. The van der Waals surface area contributed by atoms with Crippen molar-refractivity contribution in [2.45, 2.75) is 51.5 Å². The summed E-state index contributed by atoms with van der Waals surface area (Å²) in [6.07, 6.45) is -6.09. The topological polar surface area (TPSA) is 97.4 Å². The van der Waals surface area contributed by atoms with Crippen molar-refractivity contribution in [2.24, 2.45) is 0 Å². The van der Waals surface area contributed by atoms with Gasteiger partial charge in [0.25, 0.3) is 0 Å². The minimum absolute atomic E-state index is 0.687. The fourth-order valence-electron chi connectivity index (χ4n) is 2.17. The molecule has 0 aromatic carbocycles. The molecule has 22 heavy (non-hydrogen) atoms. The lowest BCUT2D eigenvalue weighted by molar-refractivity contribution is -0.299. The molecule has 5 atom stereocenters. The summed E-state index contributed by atoms with van der Waals surface area (Å²) < 4.78 is 38.5. The van der Waals surface area contributed by atoms with E-state index in [4.69, 9.17) is 23.7 Å². The fourth-order valence-corrected chi connectivity index (χ4v) is 2.17. The van der Waals surface area contributed by atoms with Crippen LogP contribution in [-0.4, -0.2) is 62.4 Å². The molecule has 1 rings (SSSR count). The molecule has 8 nitrogen and oxygen atoms in total. The van der Waals surface area contributed by atoms with E-state index in [1.54, 1.807) is 0 Å². The highest BCUT2D eigenvalue weighted by Crippen LogP contribution is 2.29. The van der Waals surface area contributed by atoms with Gasteiger partial charge in [-0.15, -0.1) is 0 Å². The Balaban J connectivity index is 3.14. The summed E-state index contributed by atoms with van der Waals surface area (Å²) in [4.78, 5) is 33.7. The summed E-state index contributed by atoms with van der Waals surface area (Å²) in [5, 5.41) is 0. The third kappa shape index (κ3) is 4.63. The molecule has 0 N–H and O–H groups in total. The molecule has 1 heterocycles. The molecule has 0 spiro atoms.